The summed E-state index contributed by atoms with van der Waals surface area (Å²) in [5.74, 6) is -0.269. The Bertz CT molecular complexity index is 909. The second-order valence-corrected chi connectivity index (χ2v) is 7.99. The van der Waals surface area contributed by atoms with E-state index in [4.69, 9.17) is 9.47 Å². The van der Waals surface area contributed by atoms with Gasteiger partial charge in [-0.25, -0.2) is 13.1 Å². The Balaban J connectivity index is 2.34. The maximum absolute atomic E-state index is 12.8. The summed E-state index contributed by atoms with van der Waals surface area (Å²) in [5, 5.41) is 9.24. The van der Waals surface area contributed by atoms with Crippen molar-refractivity contribution in [2.24, 2.45) is 0 Å². The van der Waals surface area contributed by atoms with Crippen LogP contribution in [0.1, 0.15) is 36.9 Å². The van der Waals surface area contributed by atoms with Crippen molar-refractivity contribution in [3.63, 3.8) is 0 Å². The Morgan fingerprint density at radius 1 is 1.07 bits per heavy atom. The first kappa shape index (κ1) is 21.7. The second-order valence-electron chi connectivity index (χ2n) is 6.28. The normalized spacial score (nSPS) is 12.4. The molecule has 2 aromatic rings. The van der Waals surface area contributed by atoms with Crippen LogP contribution < -0.4 is 14.2 Å². The minimum atomic E-state index is -3.91. The van der Waals surface area contributed by atoms with Crippen molar-refractivity contribution in [3.8, 4) is 11.5 Å². The number of rotatable bonds is 10. The number of ether oxygens (including phenoxy) is 2. The van der Waals surface area contributed by atoms with Gasteiger partial charge in [-0.2, -0.15) is 0 Å². The Morgan fingerprint density at radius 2 is 1.71 bits per heavy atom. The zero-order valence-corrected chi connectivity index (χ0v) is 17.0. The quantitative estimate of drug-likeness (QED) is 0.627. The lowest BCUT2D eigenvalue weighted by atomic mass is 10.0. The highest BCUT2D eigenvalue weighted by molar-refractivity contribution is 7.89. The molecule has 0 saturated heterocycles. The van der Waals surface area contributed by atoms with E-state index in [2.05, 4.69) is 4.72 Å². The molecule has 2 N–H and O–H groups in total. The number of carboxylic acid groups (broad SMARTS) is 1. The Hall–Kier alpha value is -2.58. The van der Waals surface area contributed by atoms with Crippen molar-refractivity contribution in [3.05, 3.63) is 53.6 Å². The van der Waals surface area contributed by atoms with Crippen LogP contribution in [0.4, 0.5) is 0 Å². The first-order chi connectivity index (χ1) is 13.3. The van der Waals surface area contributed by atoms with Crippen LogP contribution >= 0.6 is 0 Å². The van der Waals surface area contributed by atoms with Gasteiger partial charge in [0.1, 0.15) is 0 Å². The van der Waals surface area contributed by atoms with Gasteiger partial charge in [0, 0.05) is 0 Å². The molecule has 0 amide bonds. The zero-order chi connectivity index (χ0) is 20.7. The van der Waals surface area contributed by atoms with Crippen molar-refractivity contribution in [2.75, 3.05) is 14.2 Å². The van der Waals surface area contributed by atoms with Gasteiger partial charge in [-0.1, -0.05) is 31.5 Å². The van der Waals surface area contributed by atoms with Crippen LogP contribution in [0.3, 0.4) is 0 Å². The van der Waals surface area contributed by atoms with Gasteiger partial charge in [-0.15, -0.1) is 0 Å². The average Bonchev–Trinajstić information content (AvgIpc) is 2.67. The van der Waals surface area contributed by atoms with Crippen LogP contribution in [-0.2, 0) is 21.2 Å². The van der Waals surface area contributed by atoms with Crippen LogP contribution in [0.5, 0.6) is 11.5 Å². The topological polar surface area (TPSA) is 102 Å². The standard InChI is InChI=1S/C20H25NO6S/c1-4-5-14-6-9-16(10-7-14)28(24,25)21-17(13-20(22)23)15-8-11-18(26-2)19(12-15)27-3/h6-12,17,21H,4-5,13H2,1-3H3,(H,22,23)/t17-/m0/s1. The van der Waals surface area contributed by atoms with Gasteiger partial charge in [0.05, 0.1) is 31.6 Å². The van der Waals surface area contributed by atoms with Crippen LogP contribution in [0.2, 0.25) is 0 Å². The molecule has 2 aromatic carbocycles. The average molecular weight is 407 g/mol. The molecule has 0 bridgehead atoms. The highest BCUT2D eigenvalue weighted by atomic mass is 32.2. The number of aryl methyl sites for hydroxylation is 1. The third-order valence-corrected chi connectivity index (χ3v) is 5.75. The lowest BCUT2D eigenvalue weighted by Crippen LogP contribution is -2.30. The summed E-state index contributed by atoms with van der Waals surface area (Å²) in [6.45, 7) is 2.05. The van der Waals surface area contributed by atoms with E-state index in [-0.39, 0.29) is 4.90 Å². The minimum absolute atomic E-state index is 0.0863. The summed E-state index contributed by atoms with van der Waals surface area (Å²) < 4.78 is 38.5. The third-order valence-electron chi connectivity index (χ3n) is 4.26. The molecule has 0 fully saturated rings. The maximum Gasteiger partial charge on any atom is 0.305 e. The predicted molar refractivity (Wildman–Crippen MR) is 105 cm³/mol. The minimum Gasteiger partial charge on any atom is -0.493 e. The van der Waals surface area contributed by atoms with Crippen LogP contribution in [0.25, 0.3) is 0 Å². The molecule has 7 nitrogen and oxygen atoms in total. The van der Waals surface area contributed by atoms with E-state index in [1.807, 2.05) is 6.92 Å². The smallest absolute Gasteiger partial charge is 0.305 e. The molecular weight excluding hydrogens is 382 g/mol. The van der Waals surface area contributed by atoms with Gasteiger partial charge in [-0.3, -0.25) is 4.79 Å². The number of methoxy groups -OCH3 is 2. The molecule has 0 aliphatic rings. The van der Waals surface area contributed by atoms with Crippen molar-refractivity contribution in [1.29, 1.82) is 0 Å². The van der Waals surface area contributed by atoms with Gasteiger partial charge in [0.25, 0.3) is 0 Å². The molecule has 28 heavy (non-hydrogen) atoms. The van der Waals surface area contributed by atoms with Crippen molar-refractivity contribution < 1.29 is 27.8 Å². The van der Waals surface area contributed by atoms with Crippen LogP contribution in [-0.4, -0.2) is 33.7 Å². The molecule has 0 radical (unpaired) electrons. The van der Waals surface area contributed by atoms with Gasteiger partial charge in [-0.05, 0) is 41.8 Å². The molecule has 152 valence electrons. The SMILES string of the molecule is CCCc1ccc(S(=O)(=O)N[C@@H](CC(=O)O)c2ccc(OC)c(OC)c2)cc1. The molecule has 0 saturated carbocycles. The fraction of sp³-hybridized carbons (Fsp3) is 0.350. The lowest BCUT2D eigenvalue weighted by molar-refractivity contribution is -0.137. The van der Waals surface area contributed by atoms with Gasteiger partial charge < -0.3 is 14.6 Å². The van der Waals surface area contributed by atoms with E-state index in [0.29, 0.717) is 17.1 Å². The molecule has 0 heterocycles. The lowest BCUT2D eigenvalue weighted by Gasteiger charge is -2.19. The highest BCUT2D eigenvalue weighted by Gasteiger charge is 2.24. The molecule has 0 aliphatic heterocycles. The van der Waals surface area contributed by atoms with Crippen molar-refractivity contribution in [2.45, 2.75) is 37.1 Å². The summed E-state index contributed by atoms with van der Waals surface area (Å²) in [7, 11) is -0.968. The van der Waals surface area contributed by atoms with Gasteiger partial charge in [0.2, 0.25) is 10.0 Å². The Morgan fingerprint density at radius 3 is 2.25 bits per heavy atom. The van der Waals surface area contributed by atoms with E-state index in [1.165, 1.54) is 26.4 Å². The summed E-state index contributed by atoms with van der Waals surface area (Å²) in [6, 6.07) is 10.4. The van der Waals surface area contributed by atoms with Gasteiger partial charge in [0.15, 0.2) is 11.5 Å². The molecule has 0 unspecified atom stereocenters. The molecule has 2 rings (SSSR count). The largest absolute Gasteiger partial charge is 0.493 e. The van der Waals surface area contributed by atoms with E-state index >= 15 is 0 Å². The number of benzene rings is 2. The summed E-state index contributed by atoms with van der Waals surface area (Å²) in [4.78, 5) is 11.4. The fourth-order valence-electron chi connectivity index (χ4n) is 2.85. The predicted octanol–water partition coefficient (Wildman–Crippen LogP) is 3.15. The monoisotopic (exact) mass is 407 g/mol. The summed E-state index contributed by atoms with van der Waals surface area (Å²) in [5.41, 5.74) is 1.51. The third kappa shape index (κ3) is 5.46. The zero-order valence-electron chi connectivity index (χ0n) is 16.1. The van der Waals surface area contributed by atoms with E-state index in [9.17, 15) is 18.3 Å². The summed E-state index contributed by atoms with van der Waals surface area (Å²) >= 11 is 0. The molecule has 8 heteroatoms. The first-order valence-electron chi connectivity index (χ1n) is 8.85. The molecule has 0 spiro atoms. The number of carbonyl (C=O) groups is 1. The first-order valence-corrected chi connectivity index (χ1v) is 10.3. The number of sulfonamides is 1. The van der Waals surface area contributed by atoms with Gasteiger partial charge >= 0.3 is 5.97 Å². The molecule has 0 aliphatic carbocycles. The number of hydrogen-bond acceptors (Lipinski definition) is 5. The van der Waals surface area contributed by atoms with Crippen LogP contribution in [0.15, 0.2) is 47.4 Å². The number of aliphatic carboxylic acids is 1. The van der Waals surface area contributed by atoms with Crippen molar-refractivity contribution >= 4 is 16.0 Å². The number of hydrogen-bond donors (Lipinski definition) is 2. The Labute approximate surface area is 165 Å². The Kier molecular flexibility index (Phi) is 7.42. The van der Waals surface area contributed by atoms with Crippen molar-refractivity contribution in [1.82, 2.24) is 4.72 Å². The maximum atomic E-state index is 12.8. The highest BCUT2D eigenvalue weighted by Crippen LogP contribution is 2.31. The molecular formula is C20H25NO6S. The molecule has 0 aromatic heterocycles. The number of carboxylic acids is 1. The van der Waals surface area contributed by atoms with E-state index in [0.717, 1.165) is 18.4 Å². The van der Waals surface area contributed by atoms with E-state index < -0.39 is 28.5 Å². The van der Waals surface area contributed by atoms with Crippen LogP contribution in [0, 0.1) is 0 Å². The van der Waals surface area contributed by atoms with E-state index in [1.54, 1.807) is 30.3 Å². The fourth-order valence-corrected chi connectivity index (χ4v) is 4.08. The number of nitrogens with one attached hydrogen (secondary N) is 1. The summed E-state index contributed by atoms with van der Waals surface area (Å²) in [6.07, 6.45) is 1.41. The molecule has 1 atom stereocenters. The second kappa shape index (κ2) is 9.57.